The predicted octanol–water partition coefficient (Wildman–Crippen LogP) is 0.262. The predicted molar refractivity (Wildman–Crippen MR) is 35.2 cm³/mol. The molecule has 0 radical (unpaired) electrons. The lowest BCUT2D eigenvalue weighted by Gasteiger charge is -2.25. The molecule has 3 atom stereocenters. The van der Waals surface area contributed by atoms with Gasteiger partial charge in [0.05, 0.1) is 6.10 Å². The van der Waals surface area contributed by atoms with Gasteiger partial charge in [-0.25, -0.2) is 0 Å². The van der Waals surface area contributed by atoms with Gasteiger partial charge in [-0.05, 0) is 25.7 Å². The van der Waals surface area contributed by atoms with Gasteiger partial charge < -0.3 is 10.4 Å². The highest BCUT2D eigenvalue weighted by Crippen LogP contribution is 2.26. The first-order valence-electron chi connectivity index (χ1n) is 3.80. The molecule has 0 aromatic rings. The maximum Gasteiger partial charge on any atom is 0.0693 e. The summed E-state index contributed by atoms with van der Waals surface area (Å²) in [5, 5.41) is 12.7. The van der Waals surface area contributed by atoms with E-state index in [4.69, 9.17) is 0 Å². The first-order chi connectivity index (χ1) is 4.36. The van der Waals surface area contributed by atoms with Crippen LogP contribution in [0, 0.1) is 0 Å². The van der Waals surface area contributed by atoms with Crippen LogP contribution in [0.1, 0.15) is 25.7 Å². The summed E-state index contributed by atoms with van der Waals surface area (Å²) >= 11 is 0. The molecule has 2 aliphatic rings. The third kappa shape index (κ3) is 0.864. The standard InChI is InChI=1S/C7H13NO/c9-7-4-2-5-1-3-6(7)8-5/h5-9H,1-4H2/t5-,6-,7+/m1/s1. The van der Waals surface area contributed by atoms with Crippen molar-refractivity contribution >= 4 is 0 Å². The Morgan fingerprint density at radius 1 is 1.11 bits per heavy atom. The van der Waals surface area contributed by atoms with Crippen molar-refractivity contribution in [1.29, 1.82) is 0 Å². The van der Waals surface area contributed by atoms with Crippen LogP contribution in [-0.2, 0) is 0 Å². The molecule has 0 saturated carbocycles. The normalized spacial score (nSPS) is 49.7. The highest BCUT2D eigenvalue weighted by Gasteiger charge is 2.33. The molecule has 2 N–H and O–H groups in total. The summed E-state index contributed by atoms with van der Waals surface area (Å²) in [4.78, 5) is 0. The van der Waals surface area contributed by atoms with Crippen molar-refractivity contribution in [3.8, 4) is 0 Å². The van der Waals surface area contributed by atoms with E-state index in [-0.39, 0.29) is 6.10 Å². The van der Waals surface area contributed by atoms with E-state index in [1.807, 2.05) is 0 Å². The van der Waals surface area contributed by atoms with Crippen LogP contribution in [0.2, 0.25) is 0 Å². The number of hydrogen-bond donors (Lipinski definition) is 2. The van der Waals surface area contributed by atoms with E-state index >= 15 is 0 Å². The van der Waals surface area contributed by atoms with Crippen LogP contribution in [0.3, 0.4) is 0 Å². The van der Waals surface area contributed by atoms with Crippen molar-refractivity contribution < 1.29 is 5.11 Å². The van der Waals surface area contributed by atoms with Gasteiger partial charge in [0, 0.05) is 12.1 Å². The van der Waals surface area contributed by atoms with E-state index in [0.717, 1.165) is 12.5 Å². The number of piperidine rings is 1. The number of rotatable bonds is 0. The molecule has 2 bridgehead atoms. The third-order valence-corrected chi connectivity index (χ3v) is 2.55. The quantitative estimate of drug-likeness (QED) is 0.489. The Kier molecular flexibility index (Phi) is 1.24. The lowest BCUT2D eigenvalue weighted by molar-refractivity contribution is 0.103. The van der Waals surface area contributed by atoms with Crippen LogP contribution in [0.15, 0.2) is 0 Å². The lowest BCUT2D eigenvalue weighted by Crippen LogP contribution is -2.43. The van der Waals surface area contributed by atoms with E-state index in [9.17, 15) is 5.11 Å². The van der Waals surface area contributed by atoms with Crippen molar-refractivity contribution in [1.82, 2.24) is 5.32 Å². The number of nitrogens with one attached hydrogen (secondary N) is 1. The van der Waals surface area contributed by atoms with Crippen LogP contribution in [0.25, 0.3) is 0 Å². The minimum Gasteiger partial charge on any atom is -0.392 e. The second-order valence-corrected chi connectivity index (χ2v) is 3.19. The van der Waals surface area contributed by atoms with Gasteiger partial charge in [0.15, 0.2) is 0 Å². The average Bonchev–Trinajstić information content (AvgIpc) is 2.25. The summed E-state index contributed by atoms with van der Waals surface area (Å²) in [7, 11) is 0. The van der Waals surface area contributed by atoms with Gasteiger partial charge in [-0.1, -0.05) is 0 Å². The van der Waals surface area contributed by atoms with Crippen LogP contribution in [0.4, 0.5) is 0 Å². The van der Waals surface area contributed by atoms with E-state index in [2.05, 4.69) is 5.32 Å². The largest absolute Gasteiger partial charge is 0.392 e. The van der Waals surface area contributed by atoms with Gasteiger partial charge in [-0.15, -0.1) is 0 Å². The van der Waals surface area contributed by atoms with E-state index < -0.39 is 0 Å². The van der Waals surface area contributed by atoms with Crippen molar-refractivity contribution in [2.24, 2.45) is 0 Å². The molecule has 2 aliphatic heterocycles. The fraction of sp³-hybridized carbons (Fsp3) is 1.00. The van der Waals surface area contributed by atoms with Gasteiger partial charge in [0.25, 0.3) is 0 Å². The number of hydrogen-bond acceptors (Lipinski definition) is 2. The smallest absolute Gasteiger partial charge is 0.0693 e. The van der Waals surface area contributed by atoms with Crippen LogP contribution in [0.5, 0.6) is 0 Å². The second-order valence-electron chi connectivity index (χ2n) is 3.19. The maximum atomic E-state index is 9.33. The molecule has 52 valence electrons. The van der Waals surface area contributed by atoms with Gasteiger partial charge in [0.1, 0.15) is 0 Å². The van der Waals surface area contributed by atoms with E-state index in [1.165, 1.54) is 19.3 Å². The molecule has 0 aliphatic carbocycles. The van der Waals surface area contributed by atoms with Gasteiger partial charge in [-0.3, -0.25) is 0 Å². The van der Waals surface area contributed by atoms with Crippen molar-refractivity contribution in [2.45, 2.75) is 43.9 Å². The summed E-state index contributed by atoms with van der Waals surface area (Å²) in [6.07, 6.45) is 4.61. The Balaban J connectivity index is 2.05. The summed E-state index contributed by atoms with van der Waals surface area (Å²) in [6.45, 7) is 0. The molecule has 9 heavy (non-hydrogen) atoms. The Morgan fingerprint density at radius 2 is 1.89 bits per heavy atom. The van der Waals surface area contributed by atoms with Gasteiger partial charge >= 0.3 is 0 Å². The molecule has 2 saturated heterocycles. The SMILES string of the molecule is O[C@H]1CC[C@H]2CC[C@H]1N2. The molecule has 2 rings (SSSR count). The molecule has 2 fully saturated rings. The molecule has 0 aromatic carbocycles. The topological polar surface area (TPSA) is 32.3 Å². The van der Waals surface area contributed by atoms with Crippen molar-refractivity contribution in [3.63, 3.8) is 0 Å². The summed E-state index contributed by atoms with van der Waals surface area (Å²) in [5.41, 5.74) is 0. The Labute approximate surface area is 55.3 Å². The highest BCUT2D eigenvalue weighted by atomic mass is 16.3. The fourth-order valence-electron chi connectivity index (χ4n) is 1.95. The minimum absolute atomic E-state index is 0.0521. The molecule has 0 amide bonds. The van der Waals surface area contributed by atoms with E-state index in [0.29, 0.717) is 6.04 Å². The first-order valence-corrected chi connectivity index (χ1v) is 3.80. The fourth-order valence-corrected chi connectivity index (χ4v) is 1.95. The molecule has 2 heteroatoms. The zero-order chi connectivity index (χ0) is 6.27. The van der Waals surface area contributed by atoms with Crippen molar-refractivity contribution in [3.05, 3.63) is 0 Å². The molecule has 0 aromatic heterocycles. The molecule has 0 spiro atoms. The zero-order valence-electron chi connectivity index (χ0n) is 5.51. The van der Waals surface area contributed by atoms with Crippen LogP contribution < -0.4 is 5.32 Å². The first kappa shape index (κ1) is 5.69. The zero-order valence-corrected chi connectivity index (χ0v) is 5.51. The molecule has 2 nitrogen and oxygen atoms in total. The monoisotopic (exact) mass is 127 g/mol. The van der Waals surface area contributed by atoms with Crippen molar-refractivity contribution in [2.75, 3.05) is 0 Å². The molecule has 0 unspecified atom stereocenters. The molecular formula is C7H13NO. The Hall–Kier alpha value is -0.0800. The number of fused-ring (bicyclic) bond motifs is 2. The summed E-state index contributed by atoms with van der Waals surface area (Å²) < 4.78 is 0. The van der Waals surface area contributed by atoms with Crippen LogP contribution >= 0.6 is 0 Å². The number of aliphatic hydroxyl groups is 1. The minimum atomic E-state index is -0.0521. The van der Waals surface area contributed by atoms with E-state index in [1.54, 1.807) is 0 Å². The Bertz CT molecular complexity index is 115. The Morgan fingerprint density at radius 3 is 2.67 bits per heavy atom. The summed E-state index contributed by atoms with van der Waals surface area (Å²) in [6, 6.07) is 1.17. The summed E-state index contributed by atoms with van der Waals surface area (Å²) in [5.74, 6) is 0. The lowest BCUT2D eigenvalue weighted by atomic mass is 10.0. The molecule has 2 heterocycles. The third-order valence-electron chi connectivity index (χ3n) is 2.55. The highest BCUT2D eigenvalue weighted by molar-refractivity contribution is 4.93. The maximum absolute atomic E-state index is 9.33. The average molecular weight is 127 g/mol. The molecular weight excluding hydrogens is 114 g/mol. The van der Waals surface area contributed by atoms with Crippen LogP contribution in [-0.4, -0.2) is 23.3 Å². The van der Waals surface area contributed by atoms with Gasteiger partial charge in [0.2, 0.25) is 0 Å². The second kappa shape index (κ2) is 1.96. The van der Waals surface area contributed by atoms with Gasteiger partial charge in [-0.2, -0.15) is 0 Å². The number of aliphatic hydroxyl groups excluding tert-OH is 1.